The van der Waals surface area contributed by atoms with Gasteiger partial charge in [0.15, 0.2) is 5.78 Å². The molecule has 2 aromatic rings. The van der Waals surface area contributed by atoms with Crippen LogP contribution in [-0.4, -0.2) is 25.5 Å². The molecule has 1 aromatic heterocycles. The van der Waals surface area contributed by atoms with Crippen LogP contribution in [0.5, 0.6) is 11.5 Å². The van der Waals surface area contributed by atoms with E-state index in [0.29, 0.717) is 0 Å². The molecule has 0 atom stereocenters. The first-order valence-corrected chi connectivity index (χ1v) is 4.65. The molecule has 0 saturated carbocycles. The fraction of sp³-hybridized carbons (Fsp3) is 0.0909. The van der Waals surface area contributed by atoms with Crippen molar-refractivity contribution in [3.05, 3.63) is 36.4 Å². The molecule has 0 aliphatic heterocycles. The number of phenols is 2. The number of imidazole rings is 1. The van der Waals surface area contributed by atoms with E-state index in [1.807, 2.05) is 0 Å². The summed E-state index contributed by atoms with van der Waals surface area (Å²) in [5.41, 5.74) is 0.322. The van der Waals surface area contributed by atoms with Crippen molar-refractivity contribution >= 4 is 5.78 Å². The van der Waals surface area contributed by atoms with Crippen molar-refractivity contribution in [2.75, 3.05) is 0 Å². The van der Waals surface area contributed by atoms with Crippen molar-refractivity contribution in [2.45, 2.75) is 6.92 Å². The predicted molar refractivity (Wildman–Crippen MR) is 56.9 cm³/mol. The molecule has 0 aliphatic rings. The zero-order chi connectivity index (χ0) is 11.7. The van der Waals surface area contributed by atoms with E-state index in [4.69, 9.17) is 0 Å². The van der Waals surface area contributed by atoms with Crippen LogP contribution in [0.1, 0.15) is 17.3 Å². The molecular weight excluding hydrogens is 208 g/mol. The molecule has 1 aromatic carbocycles. The number of phenolic OH excluding ortho intramolecular Hbond substituents is 2. The molecule has 2 N–H and O–H groups in total. The summed E-state index contributed by atoms with van der Waals surface area (Å²) in [6.07, 6.45) is 4.55. The van der Waals surface area contributed by atoms with Gasteiger partial charge in [0.2, 0.25) is 0 Å². The highest BCUT2D eigenvalue weighted by molar-refractivity contribution is 6.01. The molecule has 1 heterocycles. The topological polar surface area (TPSA) is 75.3 Å². The van der Waals surface area contributed by atoms with Crippen LogP contribution in [0.4, 0.5) is 0 Å². The second-order valence-electron chi connectivity index (χ2n) is 3.35. The Kier molecular flexibility index (Phi) is 2.36. The highest BCUT2D eigenvalue weighted by Crippen LogP contribution is 2.32. The number of carbonyl (C=O) groups excluding carboxylic acids is 1. The number of nitrogens with zero attached hydrogens (tertiary/aromatic N) is 2. The van der Waals surface area contributed by atoms with Gasteiger partial charge in [-0.25, -0.2) is 4.98 Å². The number of carbonyl (C=O) groups is 1. The maximum absolute atomic E-state index is 11.4. The number of ketones is 1. The van der Waals surface area contributed by atoms with Gasteiger partial charge >= 0.3 is 0 Å². The van der Waals surface area contributed by atoms with E-state index in [-0.39, 0.29) is 28.5 Å². The van der Waals surface area contributed by atoms with Gasteiger partial charge in [0, 0.05) is 12.4 Å². The molecule has 5 heteroatoms. The minimum atomic E-state index is -0.322. The summed E-state index contributed by atoms with van der Waals surface area (Å²) in [4.78, 5) is 15.3. The number of Topliss-reactive ketones (excluding diaryl/α,β-unsaturated/α-hetero) is 1. The zero-order valence-corrected chi connectivity index (χ0v) is 8.58. The van der Waals surface area contributed by atoms with E-state index in [0.717, 1.165) is 0 Å². The Bertz CT molecular complexity index is 532. The van der Waals surface area contributed by atoms with E-state index in [1.165, 1.54) is 36.1 Å². The van der Waals surface area contributed by atoms with Gasteiger partial charge in [0.05, 0.1) is 11.9 Å². The average molecular weight is 218 g/mol. The van der Waals surface area contributed by atoms with E-state index in [9.17, 15) is 15.0 Å². The number of hydrogen-bond donors (Lipinski definition) is 2. The van der Waals surface area contributed by atoms with Crippen LogP contribution >= 0.6 is 0 Å². The Morgan fingerprint density at radius 3 is 2.56 bits per heavy atom. The minimum Gasteiger partial charge on any atom is -0.507 e. The third-order valence-corrected chi connectivity index (χ3v) is 2.25. The largest absolute Gasteiger partial charge is 0.507 e. The molecular formula is C11H10N2O3. The molecule has 82 valence electrons. The zero-order valence-electron chi connectivity index (χ0n) is 8.58. The summed E-state index contributed by atoms with van der Waals surface area (Å²) in [6, 6.07) is 2.61. The summed E-state index contributed by atoms with van der Waals surface area (Å²) in [7, 11) is 0. The highest BCUT2D eigenvalue weighted by atomic mass is 16.3. The van der Waals surface area contributed by atoms with Gasteiger partial charge in [-0.3, -0.25) is 4.79 Å². The first-order valence-electron chi connectivity index (χ1n) is 4.65. The van der Waals surface area contributed by atoms with E-state index < -0.39 is 0 Å². The molecule has 0 fully saturated rings. The first-order chi connectivity index (χ1) is 7.61. The van der Waals surface area contributed by atoms with Crippen molar-refractivity contribution in [1.29, 1.82) is 0 Å². The molecule has 16 heavy (non-hydrogen) atoms. The Hall–Kier alpha value is -2.30. The Balaban J connectivity index is 2.76. The molecule has 0 aliphatic carbocycles. The van der Waals surface area contributed by atoms with Crippen LogP contribution < -0.4 is 0 Å². The van der Waals surface area contributed by atoms with Crippen LogP contribution in [0.25, 0.3) is 5.69 Å². The summed E-state index contributed by atoms with van der Waals surface area (Å²) in [5, 5.41) is 19.3. The minimum absolute atomic E-state index is 0.0815. The van der Waals surface area contributed by atoms with E-state index in [1.54, 1.807) is 6.20 Å². The number of hydrogen-bond acceptors (Lipinski definition) is 4. The second-order valence-corrected chi connectivity index (χ2v) is 3.35. The van der Waals surface area contributed by atoms with Crippen molar-refractivity contribution in [2.24, 2.45) is 0 Å². The molecule has 0 spiro atoms. The fourth-order valence-electron chi connectivity index (χ4n) is 1.57. The lowest BCUT2D eigenvalue weighted by molar-refractivity contribution is 0.101. The lowest BCUT2D eigenvalue weighted by atomic mass is 10.1. The van der Waals surface area contributed by atoms with Crippen LogP contribution in [0.15, 0.2) is 30.9 Å². The molecule has 2 rings (SSSR count). The third-order valence-electron chi connectivity index (χ3n) is 2.25. The van der Waals surface area contributed by atoms with Crippen molar-refractivity contribution in [3.8, 4) is 17.2 Å². The Morgan fingerprint density at radius 2 is 2.00 bits per heavy atom. The van der Waals surface area contributed by atoms with Crippen molar-refractivity contribution < 1.29 is 15.0 Å². The Labute approximate surface area is 91.6 Å². The van der Waals surface area contributed by atoms with Gasteiger partial charge in [-0.1, -0.05) is 0 Å². The maximum Gasteiger partial charge on any atom is 0.165 e. The predicted octanol–water partition coefficient (Wildman–Crippen LogP) is 1.49. The standard InChI is InChI=1S/C11H10N2O3/c1-7(14)10-8(15)2-3-9(16)11(10)13-5-4-12-6-13/h2-6,15-16H,1H3. The fourth-order valence-corrected chi connectivity index (χ4v) is 1.57. The van der Waals surface area contributed by atoms with Crippen LogP contribution in [0, 0.1) is 0 Å². The first kappa shape index (κ1) is 10.2. The number of benzene rings is 1. The van der Waals surface area contributed by atoms with E-state index in [2.05, 4.69) is 4.98 Å². The summed E-state index contributed by atoms with van der Waals surface area (Å²) in [6.45, 7) is 1.33. The molecule has 0 unspecified atom stereocenters. The Morgan fingerprint density at radius 1 is 1.31 bits per heavy atom. The smallest absolute Gasteiger partial charge is 0.165 e. The summed E-state index contributed by atoms with van der Waals surface area (Å²) >= 11 is 0. The van der Waals surface area contributed by atoms with Crippen LogP contribution in [0.2, 0.25) is 0 Å². The average Bonchev–Trinajstić information content (AvgIpc) is 2.73. The van der Waals surface area contributed by atoms with Gasteiger partial charge in [0.25, 0.3) is 0 Å². The third kappa shape index (κ3) is 1.52. The lowest BCUT2D eigenvalue weighted by Crippen LogP contribution is -2.02. The van der Waals surface area contributed by atoms with Crippen LogP contribution in [0.3, 0.4) is 0 Å². The second kappa shape index (κ2) is 3.69. The number of rotatable bonds is 2. The highest BCUT2D eigenvalue weighted by Gasteiger charge is 2.17. The molecule has 5 nitrogen and oxygen atoms in total. The summed E-state index contributed by atoms with van der Waals surface area (Å²) in [5.74, 6) is -0.563. The van der Waals surface area contributed by atoms with Gasteiger partial charge in [-0.2, -0.15) is 0 Å². The normalized spacial score (nSPS) is 10.3. The van der Waals surface area contributed by atoms with Gasteiger partial charge < -0.3 is 14.8 Å². The number of aromatic nitrogens is 2. The SMILES string of the molecule is CC(=O)c1c(O)ccc(O)c1-n1ccnc1. The maximum atomic E-state index is 11.4. The molecule has 0 bridgehead atoms. The number of aromatic hydroxyl groups is 2. The van der Waals surface area contributed by atoms with Gasteiger partial charge in [-0.05, 0) is 19.1 Å². The van der Waals surface area contributed by atoms with Crippen molar-refractivity contribution in [1.82, 2.24) is 9.55 Å². The lowest BCUT2D eigenvalue weighted by Gasteiger charge is -2.11. The monoisotopic (exact) mass is 218 g/mol. The quantitative estimate of drug-likeness (QED) is 0.591. The molecule has 0 amide bonds. The van der Waals surface area contributed by atoms with Gasteiger partial charge in [0.1, 0.15) is 17.2 Å². The van der Waals surface area contributed by atoms with E-state index >= 15 is 0 Å². The molecule has 0 saturated heterocycles. The van der Waals surface area contributed by atoms with Gasteiger partial charge in [-0.15, -0.1) is 0 Å². The summed E-state index contributed by atoms with van der Waals surface area (Å²) < 4.78 is 1.48. The molecule has 0 radical (unpaired) electrons. The van der Waals surface area contributed by atoms with Crippen molar-refractivity contribution in [3.63, 3.8) is 0 Å². The van der Waals surface area contributed by atoms with Crippen LogP contribution in [-0.2, 0) is 0 Å².